The van der Waals surface area contributed by atoms with Crippen LogP contribution >= 0.6 is 0 Å². The summed E-state index contributed by atoms with van der Waals surface area (Å²) in [6.45, 7) is 11.0. The number of hydrogen-bond acceptors (Lipinski definition) is 2. The molecule has 0 spiro atoms. The third-order valence-electron chi connectivity index (χ3n) is 5.99. The predicted molar refractivity (Wildman–Crippen MR) is 97.3 cm³/mol. The van der Waals surface area contributed by atoms with Gasteiger partial charge in [-0.3, -0.25) is 0 Å². The van der Waals surface area contributed by atoms with Crippen LogP contribution in [0.2, 0.25) is 0 Å². The van der Waals surface area contributed by atoms with Crippen LogP contribution in [0.1, 0.15) is 70.4 Å². The van der Waals surface area contributed by atoms with Crippen molar-refractivity contribution in [3.63, 3.8) is 0 Å². The molecule has 3 rings (SSSR count). The summed E-state index contributed by atoms with van der Waals surface area (Å²) in [6.07, 6.45) is 6.73. The number of aryl methyl sites for hydroxylation is 1. The van der Waals surface area contributed by atoms with E-state index in [-0.39, 0.29) is 0 Å². The van der Waals surface area contributed by atoms with E-state index >= 15 is 0 Å². The lowest BCUT2D eigenvalue weighted by molar-refractivity contribution is 0.0970. The molecule has 0 amide bonds. The van der Waals surface area contributed by atoms with E-state index < -0.39 is 0 Å². The second-order valence-electron chi connectivity index (χ2n) is 8.45. The van der Waals surface area contributed by atoms with Crippen LogP contribution in [0.15, 0.2) is 18.2 Å². The Morgan fingerprint density at radius 3 is 2.87 bits per heavy atom. The van der Waals surface area contributed by atoms with Crippen molar-refractivity contribution >= 4 is 0 Å². The first kappa shape index (κ1) is 16.8. The van der Waals surface area contributed by atoms with Crippen molar-refractivity contribution in [2.24, 2.45) is 11.3 Å². The van der Waals surface area contributed by atoms with Gasteiger partial charge in [0.25, 0.3) is 0 Å². The summed E-state index contributed by atoms with van der Waals surface area (Å²) in [4.78, 5) is 0. The largest absolute Gasteiger partial charge is 0.492 e. The summed E-state index contributed by atoms with van der Waals surface area (Å²) in [5.74, 6) is 2.65. The van der Waals surface area contributed by atoms with Crippen LogP contribution in [0.25, 0.3) is 0 Å². The lowest BCUT2D eigenvalue weighted by Crippen LogP contribution is -2.36. The lowest BCUT2D eigenvalue weighted by atomic mass is 9.57. The van der Waals surface area contributed by atoms with Crippen molar-refractivity contribution < 1.29 is 4.74 Å². The fraction of sp³-hybridized carbons (Fsp3) is 0.714. The number of ether oxygens (including phenoxy) is 1. The summed E-state index contributed by atoms with van der Waals surface area (Å²) in [5.41, 5.74) is 3.65. The molecule has 0 aromatic heterocycles. The Hall–Kier alpha value is -1.02. The highest BCUT2D eigenvalue weighted by molar-refractivity contribution is 5.40. The van der Waals surface area contributed by atoms with Crippen LogP contribution in [0.3, 0.4) is 0 Å². The van der Waals surface area contributed by atoms with Crippen molar-refractivity contribution in [2.45, 2.75) is 71.8 Å². The van der Waals surface area contributed by atoms with Crippen molar-refractivity contribution in [3.05, 3.63) is 29.3 Å². The molecular weight excluding hydrogens is 282 g/mol. The molecule has 1 aromatic carbocycles. The maximum Gasteiger partial charge on any atom is 0.119 e. The van der Waals surface area contributed by atoms with Crippen molar-refractivity contribution in [1.29, 1.82) is 0 Å². The second-order valence-corrected chi connectivity index (χ2v) is 8.45. The average Bonchev–Trinajstić information content (AvgIpc) is 2.51. The third-order valence-corrected chi connectivity index (χ3v) is 5.99. The topological polar surface area (TPSA) is 21.3 Å². The van der Waals surface area contributed by atoms with Crippen molar-refractivity contribution in [1.82, 2.24) is 5.32 Å². The fourth-order valence-corrected chi connectivity index (χ4v) is 4.74. The van der Waals surface area contributed by atoms with E-state index in [0.29, 0.717) is 11.5 Å². The quantitative estimate of drug-likeness (QED) is 0.779. The predicted octanol–water partition coefficient (Wildman–Crippen LogP) is 4.92. The van der Waals surface area contributed by atoms with E-state index in [9.17, 15) is 0 Å². The Balaban J connectivity index is 1.71. The molecule has 0 radical (unpaired) electrons. The first-order chi connectivity index (χ1) is 11.0. The highest BCUT2D eigenvalue weighted by Gasteiger charge is 2.41. The van der Waals surface area contributed by atoms with Gasteiger partial charge < -0.3 is 10.1 Å². The van der Waals surface area contributed by atoms with E-state index in [2.05, 4.69) is 51.2 Å². The molecule has 23 heavy (non-hydrogen) atoms. The number of benzene rings is 1. The van der Waals surface area contributed by atoms with Crippen LogP contribution in [-0.2, 0) is 6.42 Å². The molecule has 1 fully saturated rings. The van der Waals surface area contributed by atoms with E-state index in [1.807, 2.05) is 0 Å². The van der Waals surface area contributed by atoms with Crippen LogP contribution in [0.5, 0.6) is 5.75 Å². The van der Waals surface area contributed by atoms with E-state index in [1.165, 1.54) is 32.1 Å². The molecule has 1 saturated carbocycles. The third kappa shape index (κ3) is 3.74. The van der Waals surface area contributed by atoms with Crippen LogP contribution in [0, 0.1) is 11.3 Å². The van der Waals surface area contributed by atoms with Crippen LogP contribution < -0.4 is 10.1 Å². The number of hydrogen-bond donors (Lipinski definition) is 1. The molecular formula is C21H33NO. The molecule has 2 unspecified atom stereocenters. The average molecular weight is 316 g/mol. The smallest absolute Gasteiger partial charge is 0.119 e. The van der Waals surface area contributed by atoms with Gasteiger partial charge in [-0.05, 0) is 66.2 Å². The Morgan fingerprint density at radius 1 is 1.26 bits per heavy atom. The summed E-state index contributed by atoms with van der Waals surface area (Å²) >= 11 is 0. The molecule has 2 aliphatic carbocycles. The molecule has 0 bridgehead atoms. The SMILES string of the molecule is CC(C)NCCOc1ccc2c(c1)C1CCCC(C)(C)C1CC2. The van der Waals surface area contributed by atoms with Gasteiger partial charge in [-0.1, -0.05) is 40.2 Å². The molecule has 1 aromatic rings. The molecule has 2 atom stereocenters. The highest BCUT2D eigenvalue weighted by atomic mass is 16.5. The summed E-state index contributed by atoms with van der Waals surface area (Å²) < 4.78 is 5.99. The van der Waals surface area contributed by atoms with E-state index in [1.54, 1.807) is 11.1 Å². The summed E-state index contributed by atoms with van der Waals surface area (Å²) in [7, 11) is 0. The van der Waals surface area contributed by atoms with Gasteiger partial charge in [-0.25, -0.2) is 0 Å². The molecule has 0 heterocycles. The standard InChI is InChI=1S/C21H33NO/c1-15(2)22-12-13-23-17-9-7-16-8-10-20-18(19(16)14-17)6-5-11-21(20,3)4/h7,9,14-15,18,20,22H,5-6,8,10-13H2,1-4H3. The number of fused-ring (bicyclic) bond motifs is 3. The van der Waals surface area contributed by atoms with Gasteiger partial charge in [0, 0.05) is 12.6 Å². The summed E-state index contributed by atoms with van der Waals surface area (Å²) in [5, 5.41) is 3.41. The van der Waals surface area contributed by atoms with Crippen LogP contribution in [0.4, 0.5) is 0 Å². The van der Waals surface area contributed by atoms with Gasteiger partial charge in [0.1, 0.15) is 12.4 Å². The van der Waals surface area contributed by atoms with Gasteiger partial charge in [0.15, 0.2) is 0 Å². The minimum absolute atomic E-state index is 0.499. The Bertz CT molecular complexity index is 535. The Kier molecular flexibility index (Phi) is 5.01. The van der Waals surface area contributed by atoms with Gasteiger partial charge in [-0.2, -0.15) is 0 Å². The zero-order chi connectivity index (χ0) is 16.4. The normalized spacial score (nSPS) is 25.8. The van der Waals surface area contributed by atoms with Gasteiger partial charge in [0.05, 0.1) is 0 Å². The zero-order valence-electron chi connectivity index (χ0n) is 15.3. The van der Waals surface area contributed by atoms with Crippen LogP contribution in [-0.4, -0.2) is 19.2 Å². The Morgan fingerprint density at radius 2 is 2.09 bits per heavy atom. The van der Waals surface area contributed by atoms with Gasteiger partial charge in [-0.15, -0.1) is 0 Å². The molecule has 2 nitrogen and oxygen atoms in total. The highest BCUT2D eigenvalue weighted by Crippen LogP contribution is 2.53. The molecule has 2 aliphatic rings. The maximum absolute atomic E-state index is 5.99. The first-order valence-electron chi connectivity index (χ1n) is 9.46. The van der Waals surface area contributed by atoms with Gasteiger partial charge in [0.2, 0.25) is 0 Å². The van der Waals surface area contributed by atoms with E-state index in [0.717, 1.165) is 30.7 Å². The van der Waals surface area contributed by atoms with Crippen molar-refractivity contribution in [2.75, 3.05) is 13.2 Å². The van der Waals surface area contributed by atoms with Gasteiger partial charge >= 0.3 is 0 Å². The molecule has 0 saturated heterocycles. The second kappa shape index (κ2) is 6.84. The minimum atomic E-state index is 0.499. The number of nitrogens with one attached hydrogen (secondary N) is 1. The lowest BCUT2D eigenvalue weighted by Gasteiger charge is -2.47. The Labute approximate surface area is 142 Å². The number of rotatable bonds is 5. The molecule has 128 valence electrons. The minimum Gasteiger partial charge on any atom is -0.492 e. The summed E-state index contributed by atoms with van der Waals surface area (Å²) in [6, 6.07) is 7.36. The zero-order valence-corrected chi connectivity index (χ0v) is 15.3. The maximum atomic E-state index is 5.99. The fourth-order valence-electron chi connectivity index (χ4n) is 4.74. The first-order valence-corrected chi connectivity index (χ1v) is 9.46. The molecule has 1 N–H and O–H groups in total. The van der Waals surface area contributed by atoms with Crippen molar-refractivity contribution in [3.8, 4) is 5.75 Å². The van der Waals surface area contributed by atoms with E-state index in [4.69, 9.17) is 4.74 Å². The molecule has 0 aliphatic heterocycles. The molecule has 2 heteroatoms. The monoisotopic (exact) mass is 315 g/mol.